The highest BCUT2D eigenvalue weighted by molar-refractivity contribution is 5.30. The van der Waals surface area contributed by atoms with Crippen LogP contribution in [0.2, 0.25) is 0 Å². The number of hydrogen-bond donors (Lipinski definition) is 2. The van der Waals surface area contributed by atoms with Gasteiger partial charge in [0.1, 0.15) is 5.75 Å². The molecule has 1 aromatic rings. The minimum Gasteiger partial charge on any atom is -0.497 e. The molecule has 0 saturated heterocycles. The van der Waals surface area contributed by atoms with E-state index in [1.807, 2.05) is 18.2 Å². The second-order valence-corrected chi connectivity index (χ2v) is 4.35. The van der Waals surface area contributed by atoms with Gasteiger partial charge < -0.3 is 15.2 Å². The summed E-state index contributed by atoms with van der Waals surface area (Å²) in [5.41, 5.74) is 1.17. The van der Waals surface area contributed by atoms with Crippen LogP contribution in [0, 0.1) is 0 Å². The molecule has 0 bridgehead atoms. The fourth-order valence-electron chi connectivity index (χ4n) is 1.78. The lowest BCUT2D eigenvalue weighted by Crippen LogP contribution is -2.28. The maximum Gasteiger partial charge on any atom is 0.119 e. The summed E-state index contributed by atoms with van der Waals surface area (Å²) in [5.74, 6) is 0.866. The first-order chi connectivity index (χ1) is 8.17. The van der Waals surface area contributed by atoms with Crippen LogP contribution in [0.5, 0.6) is 5.75 Å². The minimum atomic E-state index is -0.256. The minimum absolute atomic E-state index is 0.219. The smallest absolute Gasteiger partial charge is 0.119 e. The van der Waals surface area contributed by atoms with Gasteiger partial charge in [0.25, 0.3) is 0 Å². The molecule has 2 N–H and O–H groups in total. The van der Waals surface area contributed by atoms with Gasteiger partial charge in [-0.05, 0) is 31.0 Å². The molecular formula is C14H23NO2. The van der Waals surface area contributed by atoms with Crippen LogP contribution in [0.1, 0.15) is 38.3 Å². The van der Waals surface area contributed by atoms with Gasteiger partial charge in [0.15, 0.2) is 0 Å². The van der Waals surface area contributed by atoms with E-state index in [1.165, 1.54) is 5.56 Å². The van der Waals surface area contributed by atoms with Crippen molar-refractivity contribution < 1.29 is 9.84 Å². The first-order valence-corrected chi connectivity index (χ1v) is 6.22. The lowest BCUT2D eigenvalue weighted by Gasteiger charge is -2.17. The largest absolute Gasteiger partial charge is 0.497 e. The van der Waals surface area contributed by atoms with Crippen LogP contribution in [0.15, 0.2) is 24.3 Å². The standard InChI is InChI=1S/C14H23NO2/c1-4-6-13(16)10-15-11(2)12-7-5-8-14(9-12)17-3/h5,7-9,11,13,15-16H,4,6,10H2,1-3H3. The second kappa shape index (κ2) is 7.30. The Morgan fingerprint density at radius 3 is 2.82 bits per heavy atom. The second-order valence-electron chi connectivity index (χ2n) is 4.35. The van der Waals surface area contributed by atoms with Crippen molar-refractivity contribution in [3.05, 3.63) is 29.8 Å². The lowest BCUT2D eigenvalue weighted by atomic mass is 10.1. The average Bonchev–Trinajstić information content (AvgIpc) is 2.36. The molecule has 0 aromatic heterocycles. The number of methoxy groups -OCH3 is 1. The van der Waals surface area contributed by atoms with E-state index in [4.69, 9.17) is 4.74 Å². The maximum absolute atomic E-state index is 9.66. The van der Waals surface area contributed by atoms with Gasteiger partial charge >= 0.3 is 0 Å². The van der Waals surface area contributed by atoms with Crippen molar-refractivity contribution >= 4 is 0 Å². The van der Waals surface area contributed by atoms with E-state index in [1.54, 1.807) is 7.11 Å². The van der Waals surface area contributed by atoms with Gasteiger partial charge in [-0.3, -0.25) is 0 Å². The van der Waals surface area contributed by atoms with E-state index in [2.05, 4.69) is 25.2 Å². The highest BCUT2D eigenvalue weighted by Crippen LogP contribution is 2.18. The summed E-state index contributed by atoms with van der Waals surface area (Å²) >= 11 is 0. The third-order valence-corrected chi connectivity index (χ3v) is 2.88. The number of rotatable bonds is 7. The summed E-state index contributed by atoms with van der Waals surface area (Å²) < 4.78 is 5.19. The fourth-order valence-corrected chi connectivity index (χ4v) is 1.78. The van der Waals surface area contributed by atoms with Crippen molar-refractivity contribution in [2.45, 2.75) is 38.8 Å². The van der Waals surface area contributed by atoms with Crippen molar-refractivity contribution in [1.82, 2.24) is 5.32 Å². The summed E-state index contributed by atoms with van der Waals surface area (Å²) in [6.07, 6.45) is 1.60. The molecule has 0 aliphatic rings. The first-order valence-electron chi connectivity index (χ1n) is 6.22. The molecule has 0 heterocycles. The monoisotopic (exact) mass is 237 g/mol. The molecule has 96 valence electrons. The first kappa shape index (κ1) is 14.0. The highest BCUT2D eigenvalue weighted by atomic mass is 16.5. The van der Waals surface area contributed by atoms with Gasteiger partial charge in [-0.15, -0.1) is 0 Å². The van der Waals surface area contributed by atoms with Gasteiger partial charge in [0.2, 0.25) is 0 Å². The maximum atomic E-state index is 9.66. The van der Waals surface area contributed by atoms with Gasteiger partial charge in [0, 0.05) is 12.6 Å². The molecule has 0 aliphatic heterocycles. The molecule has 3 heteroatoms. The van der Waals surface area contributed by atoms with Gasteiger partial charge in [0.05, 0.1) is 13.2 Å². The summed E-state index contributed by atoms with van der Waals surface area (Å²) in [6.45, 7) is 4.80. The molecule has 1 rings (SSSR count). The summed E-state index contributed by atoms with van der Waals surface area (Å²) in [4.78, 5) is 0. The van der Waals surface area contributed by atoms with Crippen LogP contribution in [0.25, 0.3) is 0 Å². The number of nitrogens with one attached hydrogen (secondary N) is 1. The van der Waals surface area contributed by atoms with Gasteiger partial charge in [-0.2, -0.15) is 0 Å². The Hall–Kier alpha value is -1.06. The van der Waals surface area contributed by atoms with E-state index in [9.17, 15) is 5.11 Å². The zero-order chi connectivity index (χ0) is 12.7. The van der Waals surface area contributed by atoms with Crippen LogP contribution in [0.4, 0.5) is 0 Å². The summed E-state index contributed by atoms with van der Waals surface area (Å²) in [7, 11) is 1.67. The lowest BCUT2D eigenvalue weighted by molar-refractivity contribution is 0.157. The zero-order valence-electron chi connectivity index (χ0n) is 10.9. The summed E-state index contributed by atoms with van der Waals surface area (Å²) in [5, 5.41) is 13.0. The number of aliphatic hydroxyl groups excluding tert-OH is 1. The average molecular weight is 237 g/mol. The number of hydrogen-bond acceptors (Lipinski definition) is 3. The van der Waals surface area contributed by atoms with Gasteiger partial charge in [-0.25, -0.2) is 0 Å². The van der Waals surface area contributed by atoms with Crippen molar-refractivity contribution in [3.63, 3.8) is 0 Å². The summed E-state index contributed by atoms with van der Waals surface area (Å²) in [6, 6.07) is 8.21. The third-order valence-electron chi connectivity index (χ3n) is 2.88. The van der Waals surface area contributed by atoms with Crippen LogP contribution in [-0.4, -0.2) is 24.9 Å². The normalized spacial score (nSPS) is 14.4. The number of ether oxygens (including phenoxy) is 1. The Balaban J connectivity index is 2.48. The number of aliphatic hydroxyl groups is 1. The fraction of sp³-hybridized carbons (Fsp3) is 0.571. The molecule has 0 saturated carbocycles. The van der Waals surface area contributed by atoms with E-state index < -0.39 is 0 Å². The molecular weight excluding hydrogens is 214 g/mol. The zero-order valence-corrected chi connectivity index (χ0v) is 10.9. The van der Waals surface area contributed by atoms with E-state index in [0.717, 1.165) is 18.6 Å². The predicted octanol–water partition coefficient (Wildman–Crippen LogP) is 2.51. The quantitative estimate of drug-likeness (QED) is 0.765. The Labute approximate surface area is 104 Å². The molecule has 0 aliphatic carbocycles. The van der Waals surface area contributed by atoms with Crippen LogP contribution >= 0.6 is 0 Å². The molecule has 0 radical (unpaired) electrons. The van der Waals surface area contributed by atoms with E-state index >= 15 is 0 Å². The van der Waals surface area contributed by atoms with Crippen molar-refractivity contribution in [1.29, 1.82) is 0 Å². The Morgan fingerprint density at radius 1 is 1.41 bits per heavy atom. The van der Waals surface area contributed by atoms with Crippen LogP contribution in [0.3, 0.4) is 0 Å². The molecule has 2 atom stereocenters. The van der Waals surface area contributed by atoms with Crippen molar-refractivity contribution in [3.8, 4) is 5.75 Å². The van der Waals surface area contributed by atoms with Crippen LogP contribution < -0.4 is 10.1 Å². The predicted molar refractivity (Wildman–Crippen MR) is 70.3 cm³/mol. The topological polar surface area (TPSA) is 41.5 Å². The van der Waals surface area contributed by atoms with Gasteiger partial charge in [-0.1, -0.05) is 25.5 Å². The Bertz CT molecular complexity index is 328. The van der Waals surface area contributed by atoms with Crippen molar-refractivity contribution in [2.24, 2.45) is 0 Å². The molecule has 1 aromatic carbocycles. The Kier molecular flexibility index (Phi) is 6.01. The molecule has 3 nitrogen and oxygen atoms in total. The third kappa shape index (κ3) is 4.75. The molecule has 0 fully saturated rings. The Morgan fingerprint density at radius 2 is 2.18 bits per heavy atom. The van der Waals surface area contributed by atoms with Crippen molar-refractivity contribution in [2.75, 3.05) is 13.7 Å². The molecule has 0 amide bonds. The van der Waals surface area contributed by atoms with E-state index in [-0.39, 0.29) is 12.1 Å². The van der Waals surface area contributed by atoms with Crippen LogP contribution in [-0.2, 0) is 0 Å². The molecule has 0 spiro atoms. The molecule has 2 unspecified atom stereocenters. The molecule has 17 heavy (non-hydrogen) atoms. The number of benzene rings is 1. The van der Waals surface area contributed by atoms with E-state index in [0.29, 0.717) is 6.54 Å². The SMILES string of the molecule is CCCC(O)CNC(C)c1cccc(OC)c1. The highest BCUT2D eigenvalue weighted by Gasteiger charge is 2.08.